The van der Waals surface area contributed by atoms with E-state index in [1.165, 1.54) is 6.07 Å². The number of carboxylic acid groups (broad SMARTS) is 1. The summed E-state index contributed by atoms with van der Waals surface area (Å²) in [5, 5.41) is 8.90. The lowest BCUT2D eigenvalue weighted by atomic mass is 10.1. The Labute approximate surface area is 104 Å². The van der Waals surface area contributed by atoms with Gasteiger partial charge in [-0.3, -0.25) is 4.79 Å². The van der Waals surface area contributed by atoms with Gasteiger partial charge in [0.05, 0.1) is 11.4 Å². The molecule has 0 aliphatic carbocycles. The molecule has 1 N–H and O–H groups in total. The first-order valence-corrected chi connectivity index (χ1v) is 5.89. The third kappa shape index (κ3) is 2.69. The van der Waals surface area contributed by atoms with E-state index in [-0.39, 0.29) is 17.5 Å². The van der Waals surface area contributed by atoms with Crippen LogP contribution in [0.5, 0.6) is 0 Å². The average molecular weight is 258 g/mol. The molecule has 92 valence electrons. The zero-order valence-electron chi connectivity index (χ0n) is 9.20. The highest BCUT2D eigenvalue weighted by Crippen LogP contribution is 2.30. The predicted octanol–water partition coefficient (Wildman–Crippen LogP) is 2.92. The highest BCUT2D eigenvalue weighted by molar-refractivity contribution is 6.31. The molecule has 3 nitrogen and oxygen atoms in total. The van der Waals surface area contributed by atoms with E-state index in [0.717, 1.165) is 25.1 Å². The van der Waals surface area contributed by atoms with Gasteiger partial charge in [-0.25, -0.2) is 4.39 Å². The lowest BCUT2D eigenvalue weighted by Crippen LogP contribution is -2.31. The Morgan fingerprint density at radius 3 is 3.00 bits per heavy atom. The van der Waals surface area contributed by atoms with E-state index in [2.05, 4.69) is 0 Å². The van der Waals surface area contributed by atoms with Gasteiger partial charge in [-0.15, -0.1) is 0 Å². The molecule has 5 heteroatoms. The standard InChI is InChI=1S/C12H13ClFNO2/c13-10-6-9(3-4-11(10)14)15-5-1-2-8(15)7-12(16)17/h3-4,6,8H,1-2,5,7H2,(H,16,17). The van der Waals surface area contributed by atoms with Crippen molar-refractivity contribution in [3.8, 4) is 0 Å². The number of benzene rings is 1. The molecule has 0 spiro atoms. The summed E-state index contributed by atoms with van der Waals surface area (Å²) in [6.07, 6.45) is 1.91. The van der Waals surface area contributed by atoms with Crippen LogP contribution in [0, 0.1) is 5.82 Å². The van der Waals surface area contributed by atoms with Crippen LogP contribution in [0.4, 0.5) is 10.1 Å². The fourth-order valence-electron chi connectivity index (χ4n) is 2.25. The molecule has 1 fully saturated rings. The molecule has 2 rings (SSSR count). The van der Waals surface area contributed by atoms with Crippen LogP contribution in [0.2, 0.25) is 5.02 Å². The van der Waals surface area contributed by atoms with Crippen LogP contribution < -0.4 is 4.90 Å². The molecule has 0 saturated carbocycles. The van der Waals surface area contributed by atoms with Crippen molar-refractivity contribution in [2.45, 2.75) is 25.3 Å². The molecule has 0 amide bonds. The fourth-order valence-corrected chi connectivity index (χ4v) is 2.43. The Hall–Kier alpha value is -1.29. The fraction of sp³-hybridized carbons (Fsp3) is 0.417. The normalized spacial score (nSPS) is 19.6. The molecule has 1 unspecified atom stereocenters. The Balaban J connectivity index is 2.20. The summed E-state index contributed by atoms with van der Waals surface area (Å²) in [6.45, 7) is 0.792. The van der Waals surface area contributed by atoms with Gasteiger partial charge in [-0.1, -0.05) is 11.6 Å². The first-order valence-electron chi connectivity index (χ1n) is 5.51. The minimum absolute atomic E-state index is 0.0194. The molecule has 1 aliphatic rings. The summed E-state index contributed by atoms with van der Waals surface area (Å²) in [5.41, 5.74) is 0.792. The molecule has 1 heterocycles. The summed E-state index contributed by atoms with van der Waals surface area (Å²) < 4.78 is 13.0. The third-order valence-electron chi connectivity index (χ3n) is 3.02. The van der Waals surface area contributed by atoms with E-state index in [4.69, 9.17) is 16.7 Å². The van der Waals surface area contributed by atoms with Gasteiger partial charge in [-0.2, -0.15) is 0 Å². The van der Waals surface area contributed by atoms with Crippen LogP contribution in [0.3, 0.4) is 0 Å². The summed E-state index contributed by atoms with van der Waals surface area (Å²) >= 11 is 5.73. The van der Waals surface area contributed by atoms with Crippen molar-refractivity contribution in [1.29, 1.82) is 0 Å². The summed E-state index contributed by atoms with van der Waals surface area (Å²) in [7, 11) is 0. The summed E-state index contributed by atoms with van der Waals surface area (Å²) in [4.78, 5) is 12.7. The smallest absolute Gasteiger partial charge is 0.305 e. The van der Waals surface area contributed by atoms with E-state index in [9.17, 15) is 9.18 Å². The van der Waals surface area contributed by atoms with Crippen molar-refractivity contribution in [2.24, 2.45) is 0 Å². The Bertz CT molecular complexity index is 439. The Kier molecular flexibility index (Phi) is 3.52. The second kappa shape index (κ2) is 4.92. The van der Waals surface area contributed by atoms with E-state index in [1.54, 1.807) is 12.1 Å². The highest BCUT2D eigenvalue weighted by atomic mass is 35.5. The largest absolute Gasteiger partial charge is 0.481 e. The second-order valence-corrected chi connectivity index (χ2v) is 4.59. The van der Waals surface area contributed by atoms with Crippen molar-refractivity contribution >= 4 is 23.3 Å². The molecular formula is C12H13ClFNO2. The van der Waals surface area contributed by atoms with Gasteiger partial charge < -0.3 is 10.0 Å². The van der Waals surface area contributed by atoms with Crippen LogP contribution in [-0.2, 0) is 4.79 Å². The topological polar surface area (TPSA) is 40.5 Å². The number of hydrogen-bond donors (Lipinski definition) is 1. The highest BCUT2D eigenvalue weighted by Gasteiger charge is 2.27. The predicted molar refractivity (Wildman–Crippen MR) is 64.0 cm³/mol. The van der Waals surface area contributed by atoms with Crippen LogP contribution in [0.25, 0.3) is 0 Å². The van der Waals surface area contributed by atoms with E-state index < -0.39 is 11.8 Å². The zero-order valence-corrected chi connectivity index (χ0v) is 9.95. The van der Waals surface area contributed by atoms with Crippen LogP contribution in [-0.4, -0.2) is 23.7 Å². The van der Waals surface area contributed by atoms with Crippen LogP contribution in [0.1, 0.15) is 19.3 Å². The number of halogens is 2. The number of carboxylic acids is 1. The number of rotatable bonds is 3. The van der Waals surface area contributed by atoms with Gasteiger partial charge in [0.25, 0.3) is 0 Å². The van der Waals surface area contributed by atoms with E-state index >= 15 is 0 Å². The maximum absolute atomic E-state index is 13.0. The minimum Gasteiger partial charge on any atom is -0.481 e. The molecule has 0 bridgehead atoms. The van der Waals surface area contributed by atoms with Gasteiger partial charge >= 0.3 is 5.97 Å². The number of anilines is 1. The number of nitrogens with zero attached hydrogens (tertiary/aromatic N) is 1. The Morgan fingerprint density at radius 2 is 2.35 bits per heavy atom. The molecule has 17 heavy (non-hydrogen) atoms. The first-order chi connectivity index (χ1) is 8.08. The maximum atomic E-state index is 13.0. The minimum atomic E-state index is -0.810. The van der Waals surface area contributed by atoms with Gasteiger partial charge in [0, 0.05) is 18.3 Å². The molecule has 1 aromatic rings. The van der Waals surface area contributed by atoms with Crippen molar-refractivity contribution in [2.75, 3.05) is 11.4 Å². The number of carbonyl (C=O) groups is 1. The summed E-state index contributed by atoms with van der Waals surface area (Å²) in [6, 6.07) is 4.49. The zero-order chi connectivity index (χ0) is 12.4. The average Bonchev–Trinajstić information content (AvgIpc) is 2.69. The van der Waals surface area contributed by atoms with Crippen molar-refractivity contribution < 1.29 is 14.3 Å². The van der Waals surface area contributed by atoms with Gasteiger partial charge in [0.1, 0.15) is 5.82 Å². The number of aliphatic carboxylic acids is 1. The molecule has 1 aliphatic heterocycles. The molecule has 1 saturated heterocycles. The molecule has 0 aromatic heterocycles. The van der Waals surface area contributed by atoms with Gasteiger partial charge in [-0.05, 0) is 31.0 Å². The molecule has 0 radical (unpaired) electrons. The third-order valence-corrected chi connectivity index (χ3v) is 3.31. The number of hydrogen-bond acceptors (Lipinski definition) is 2. The lowest BCUT2D eigenvalue weighted by molar-refractivity contribution is -0.137. The maximum Gasteiger partial charge on any atom is 0.305 e. The molecule has 1 atom stereocenters. The van der Waals surface area contributed by atoms with Crippen LogP contribution in [0.15, 0.2) is 18.2 Å². The van der Waals surface area contributed by atoms with Crippen molar-refractivity contribution in [3.63, 3.8) is 0 Å². The molecule has 1 aromatic carbocycles. The molecular weight excluding hydrogens is 245 g/mol. The van der Waals surface area contributed by atoms with Gasteiger partial charge in [0.2, 0.25) is 0 Å². The summed E-state index contributed by atoms with van der Waals surface area (Å²) in [5.74, 6) is -1.26. The van der Waals surface area contributed by atoms with E-state index in [0.29, 0.717) is 0 Å². The van der Waals surface area contributed by atoms with Crippen molar-refractivity contribution in [3.05, 3.63) is 29.0 Å². The second-order valence-electron chi connectivity index (χ2n) is 4.19. The monoisotopic (exact) mass is 257 g/mol. The first kappa shape index (κ1) is 12.2. The van der Waals surface area contributed by atoms with Crippen LogP contribution >= 0.6 is 11.6 Å². The van der Waals surface area contributed by atoms with Crippen molar-refractivity contribution in [1.82, 2.24) is 0 Å². The van der Waals surface area contributed by atoms with Gasteiger partial charge in [0.15, 0.2) is 0 Å². The Morgan fingerprint density at radius 1 is 1.59 bits per heavy atom. The SMILES string of the molecule is O=C(O)CC1CCCN1c1ccc(F)c(Cl)c1. The van der Waals surface area contributed by atoms with E-state index in [1.807, 2.05) is 4.90 Å². The lowest BCUT2D eigenvalue weighted by Gasteiger charge is -2.25. The quantitative estimate of drug-likeness (QED) is 0.905.